The third-order valence-electron chi connectivity index (χ3n) is 1.95. The van der Waals surface area contributed by atoms with Crippen molar-refractivity contribution in [2.75, 3.05) is 0 Å². The molecule has 0 unspecified atom stereocenters. The summed E-state index contributed by atoms with van der Waals surface area (Å²) in [6.45, 7) is 5.75. The molecule has 74 valence electrons. The van der Waals surface area contributed by atoms with E-state index >= 15 is 0 Å². The Balaban J connectivity index is 3.03. The molecule has 0 bridgehead atoms. The highest BCUT2D eigenvalue weighted by Gasteiger charge is 1.84. The van der Waals surface area contributed by atoms with E-state index in [9.17, 15) is 0 Å². The minimum absolute atomic E-state index is 1.01. The molecule has 0 rings (SSSR count). The normalized spacial score (nSPS) is 11.5. The number of unbranched alkanes of at least 4 members (excludes halogenated alkanes) is 4. The molecule has 0 atom stereocenters. The Kier molecular flexibility index (Phi) is 10.5. The van der Waals surface area contributed by atoms with Gasteiger partial charge in [-0.2, -0.15) is 0 Å². The van der Waals surface area contributed by atoms with Gasteiger partial charge in [0.15, 0.2) is 0 Å². The lowest BCUT2D eigenvalue weighted by Crippen LogP contribution is -1.74. The Morgan fingerprint density at radius 3 is 2.23 bits per heavy atom. The van der Waals surface area contributed by atoms with Crippen molar-refractivity contribution in [1.82, 2.24) is 0 Å². The van der Waals surface area contributed by atoms with Crippen molar-refractivity contribution >= 4 is 0 Å². The predicted octanol–water partition coefficient (Wildman–Crippen LogP) is 4.65. The summed E-state index contributed by atoms with van der Waals surface area (Å²) in [5.41, 5.74) is 0. The first-order chi connectivity index (χ1) is 6.41. The van der Waals surface area contributed by atoms with Crippen molar-refractivity contribution in [2.45, 2.75) is 45.4 Å². The van der Waals surface area contributed by atoms with Crippen molar-refractivity contribution in [3.63, 3.8) is 0 Å². The summed E-state index contributed by atoms with van der Waals surface area (Å²) >= 11 is 0. The van der Waals surface area contributed by atoms with Gasteiger partial charge < -0.3 is 0 Å². The van der Waals surface area contributed by atoms with Crippen LogP contribution in [0.4, 0.5) is 0 Å². The fourth-order valence-corrected chi connectivity index (χ4v) is 1.18. The molecule has 0 aliphatic heterocycles. The molecule has 0 amide bonds. The molecule has 13 heavy (non-hydrogen) atoms. The molecule has 0 fully saturated rings. The van der Waals surface area contributed by atoms with Crippen LogP contribution in [-0.4, -0.2) is 0 Å². The SMILES string of the molecule is C=CCC=CCCCCCC=CC. The molecule has 0 saturated heterocycles. The van der Waals surface area contributed by atoms with Crippen LogP contribution < -0.4 is 0 Å². The van der Waals surface area contributed by atoms with Crippen LogP contribution >= 0.6 is 0 Å². The maximum atomic E-state index is 3.67. The summed E-state index contributed by atoms with van der Waals surface area (Å²) < 4.78 is 0. The smallest absolute Gasteiger partial charge is 0.0172 e. The Hall–Kier alpha value is -0.780. The maximum Gasteiger partial charge on any atom is -0.0172 e. The van der Waals surface area contributed by atoms with E-state index in [-0.39, 0.29) is 0 Å². The molecular weight excluding hydrogens is 156 g/mol. The zero-order chi connectivity index (χ0) is 9.78. The van der Waals surface area contributed by atoms with Crippen LogP contribution in [0.1, 0.15) is 45.4 Å². The lowest BCUT2D eigenvalue weighted by atomic mass is 10.1. The Labute approximate surface area is 83.0 Å². The largest absolute Gasteiger partial charge is 0.103 e. The maximum absolute atomic E-state index is 3.67. The summed E-state index contributed by atoms with van der Waals surface area (Å²) in [7, 11) is 0. The molecule has 0 aromatic carbocycles. The van der Waals surface area contributed by atoms with Crippen LogP contribution in [0.2, 0.25) is 0 Å². The van der Waals surface area contributed by atoms with Gasteiger partial charge in [-0.15, -0.1) is 6.58 Å². The molecule has 0 heteroatoms. The first-order valence-corrected chi connectivity index (χ1v) is 5.29. The first kappa shape index (κ1) is 12.2. The van der Waals surface area contributed by atoms with Gasteiger partial charge in [0, 0.05) is 0 Å². The highest BCUT2D eigenvalue weighted by Crippen LogP contribution is 2.04. The predicted molar refractivity (Wildman–Crippen MR) is 61.9 cm³/mol. The van der Waals surface area contributed by atoms with Gasteiger partial charge in [0.2, 0.25) is 0 Å². The lowest BCUT2D eigenvalue weighted by Gasteiger charge is -1.94. The van der Waals surface area contributed by atoms with E-state index in [2.05, 4.69) is 37.8 Å². The van der Waals surface area contributed by atoms with E-state index in [1.54, 1.807) is 0 Å². The molecular formula is C13H22. The van der Waals surface area contributed by atoms with E-state index in [4.69, 9.17) is 0 Å². The standard InChI is InChI=1S/C13H22/c1-3-5-7-9-11-13-12-10-8-6-4-2/h3-4,6-7,9H,1,5,8,10-13H2,2H3. The zero-order valence-electron chi connectivity index (χ0n) is 8.84. The molecule has 0 spiro atoms. The van der Waals surface area contributed by atoms with Gasteiger partial charge in [-0.25, -0.2) is 0 Å². The van der Waals surface area contributed by atoms with Crippen molar-refractivity contribution in [3.05, 3.63) is 37.0 Å². The second-order valence-corrected chi connectivity index (χ2v) is 3.20. The van der Waals surface area contributed by atoms with Gasteiger partial charge >= 0.3 is 0 Å². The van der Waals surface area contributed by atoms with Crippen LogP contribution in [0.15, 0.2) is 37.0 Å². The van der Waals surface area contributed by atoms with Gasteiger partial charge in [0.25, 0.3) is 0 Å². The number of hydrogen-bond acceptors (Lipinski definition) is 0. The number of hydrogen-bond donors (Lipinski definition) is 0. The minimum atomic E-state index is 1.01. The topological polar surface area (TPSA) is 0 Å². The van der Waals surface area contributed by atoms with Crippen molar-refractivity contribution in [2.24, 2.45) is 0 Å². The third-order valence-corrected chi connectivity index (χ3v) is 1.95. The van der Waals surface area contributed by atoms with E-state index in [0.29, 0.717) is 0 Å². The molecule has 0 aromatic rings. The minimum Gasteiger partial charge on any atom is -0.103 e. The van der Waals surface area contributed by atoms with Crippen LogP contribution in [-0.2, 0) is 0 Å². The molecule has 0 heterocycles. The van der Waals surface area contributed by atoms with Gasteiger partial charge in [-0.1, -0.05) is 36.8 Å². The van der Waals surface area contributed by atoms with Crippen LogP contribution in [0.3, 0.4) is 0 Å². The van der Waals surface area contributed by atoms with Gasteiger partial charge in [-0.3, -0.25) is 0 Å². The fraction of sp³-hybridized carbons (Fsp3) is 0.538. The fourth-order valence-electron chi connectivity index (χ4n) is 1.18. The molecule has 0 N–H and O–H groups in total. The summed E-state index contributed by atoms with van der Waals surface area (Å²) in [6, 6.07) is 0. The quantitative estimate of drug-likeness (QED) is 0.375. The molecule has 0 aliphatic rings. The third kappa shape index (κ3) is 11.2. The molecule has 0 aliphatic carbocycles. The Morgan fingerprint density at radius 2 is 1.62 bits per heavy atom. The van der Waals surface area contributed by atoms with E-state index in [1.165, 1.54) is 32.1 Å². The zero-order valence-corrected chi connectivity index (χ0v) is 8.84. The summed E-state index contributed by atoms with van der Waals surface area (Å²) in [5, 5.41) is 0. The van der Waals surface area contributed by atoms with Gasteiger partial charge in [0.05, 0.1) is 0 Å². The molecule has 0 aromatic heterocycles. The van der Waals surface area contributed by atoms with Crippen molar-refractivity contribution < 1.29 is 0 Å². The monoisotopic (exact) mass is 178 g/mol. The highest BCUT2D eigenvalue weighted by atomic mass is 13.9. The summed E-state index contributed by atoms with van der Waals surface area (Å²) in [5.74, 6) is 0. The lowest BCUT2D eigenvalue weighted by molar-refractivity contribution is 0.695. The van der Waals surface area contributed by atoms with Gasteiger partial charge in [0.1, 0.15) is 0 Å². The average Bonchev–Trinajstić information content (AvgIpc) is 2.16. The van der Waals surface area contributed by atoms with Gasteiger partial charge in [-0.05, 0) is 39.0 Å². The van der Waals surface area contributed by atoms with E-state index in [1.807, 2.05) is 6.08 Å². The van der Waals surface area contributed by atoms with Crippen LogP contribution in [0, 0.1) is 0 Å². The second-order valence-electron chi connectivity index (χ2n) is 3.20. The van der Waals surface area contributed by atoms with Crippen molar-refractivity contribution in [3.8, 4) is 0 Å². The average molecular weight is 178 g/mol. The molecule has 0 radical (unpaired) electrons. The second kappa shape index (κ2) is 11.2. The number of rotatable bonds is 8. The van der Waals surface area contributed by atoms with Crippen molar-refractivity contribution in [1.29, 1.82) is 0 Å². The number of allylic oxidation sites excluding steroid dienone is 5. The summed E-state index contributed by atoms with van der Waals surface area (Å²) in [4.78, 5) is 0. The van der Waals surface area contributed by atoms with Crippen LogP contribution in [0.25, 0.3) is 0 Å². The molecule has 0 saturated carbocycles. The van der Waals surface area contributed by atoms with E-state index in [0.717, 1.165) is 6.42 Å². The van der Waals surface area contributed by atoms with E-state index < -0.39 is 0 Å². The Morgan fingerprint density at radius 1 is 0.923 bits per heavy atom. The first-order valence-electron chi connectivity index (χ1n) is 5.29. The Bertz CT molecular complexity index is 151. The van der Waals surface area contributed by atoms with Crippen LogP contribution in [0.5, 0.6) is 0 Å². The molecule has 0 nitrogen and oxygen atoms in total. The highest BCUT2D eigenvalue weighted by molar-refractivity contribution is 4.88. The summed E-state index contributed by atoms with van der Waals surface area (Å²) in [6.07, 6.45) is 18.2.